The van der Waals surface area contributed by atoms with Gasteiger partial charge in [0.2, 0.25) is 0 Å². The van der Waals surface area contributed by atoms with Crippen LogP contribution in [0, 0.1) is 0 Å². The van der Waals surface area contributed by atoms with Crippen LogP contribution in [0.5, 0.6) is 0 Å². The van der Waals surface area contributed by atoms with Gasteiger partial charge in [0.1, 0.15) is 0 Å². The van der Waals surface area contributed by atoms with E-state index in [1.165, 1.54) is 0 Å². The highest BCUT2D eigenvalue weighted by Gasteiger charge is 2.30. The minimum atomic E-state index is -0.135. The minimum absolute atomic E-state index is 0.112. The molecule has 3 atom stereocenters. The molecule has 1 aliphatic heterocycles. The molecule has 1 saturated heterocycles. The second-order valence-electron chi connectivity index (χ2n) is 4.14. The van der Waals surface area contributed by atoms with Crippen LogP contribution < -0.4 is 11.3 Å². The predicted molar refractivity (Wildman–Crippen MR) is 58.0 cm³/mol. The standard InChI is InChI=1S/C10H21N3O2/c1-4-9(10(14)12-11)13-5-7(2)15-8(3)6-13/h7-9H,4-6,11H2,1-3H3,(H,12,14)/t7-,8-,9-/m1/s1. The summed E-state index contributed by atoms with van der Waals surface area (Å²) in [7, 11) is 0. The van der Waals surface area contributed by atoms with Crippen LogP contribution in [-0.4, -0.2) is 42.1 Å². The fourth-order valence-electron chi connectivity index (χ4n) is 2.18. The van der Waals surface area contributed by atoms with Gasteiger partial charge in [0.25, 0.3) is 5.91 Å². The molecule has 0 unspecified atom stereocenters. The molecule has 0 spiro atoms. The van der Waals surface area contributed by atoms with Crippen molar-refractivity contribution in [2.75, 3.05) is 13.1 Å². The molecule has 5 nitrogen and oxygen atoms in total. The van der Waals surface area contributed by atoms with E-state index in [-0.39, 0.29) is 24.2 Å². The van der Waals surface area contributed by atoms with Gasteiger partial charge in [-0.1, -0.05) is 6.92 Å². The van der Waals surface area contributed by atoms with Gasteiger partial charge < -0.3 is 4.74 Å². The first kappa shape index (κ1) is 12.4. The third-order valence-corrected chi connectivity index (χ3v) is 2.72. The van der Waals surface area contributed by atoms with E-state index in [1.807, 2.05) is 20.8 Å². The zero-order valence-corrected chi connectivity index (χ0v) is 9.69. The highest BCUT2D eigenvalue weighted by molar-refractivity contribution is 5.81. The second kappa shape index (κ2) is 5.44. The number of nitrogens with zero attached hydrogens (tertiary/aromatic N) is 1. The molecule has 0 aromatic heterocycles. The van der Waals surface area contributed by atoms with Gasteiger partial charge in [0, 0.05) is 13.1 Å². The summed E-state index contributed by atoms with van der Waals surface area (Å²) in [5.74, 6) is 5.05. The Hall–Kier alpha value is -0.650. The molecule has 1 aliphatic rings. The Morgan fingerprint density at radius 3 is 2.47 bits per heavy atom. The number of hydrazine groups is 1. The molecular formula is C10H21N3O2. The number of nitrogens with two attached hydrogens (primary N) is 1. The van der Waals surface area contributed by atoms with Crippen LogP contribution in [0.4, 0.5) is 0 Å². The Morgan fingerprint density at radius 2 is 2.07 bits per heavy atom. The number of morpholine rings is 1. The molecule has 0 radical (unpaired) electrons. The first-order chi connectivity index (χ1) is 7.08. The van der Waals surface area contributed by atoms with E-state index in [0.717, 1.165) is 19.5 Å². The van der Waals surface area contributed by atoms with Crippen LogP contribution in [-0.2, 0) is 9.53 Å². The van der Waals surface area contributed by atoms with Crippen molar-refractivity contribution >= 4 is 5.91 Å². The van der Waals surface area contributed by atoms with Crippen LogP contribution in [0.3, 0.4) is 0 Å². The molecule has 1 rings (SSSR count). The molecule has 0 aliphatic carbocycles. The van der Waals surface area contributed by atoms with Crippen molar-refractivity contribution in [3.63, 3.8) is 0 Å². The number of carbonyl (C=O) groups excluding carboxylic acids is 1. The molecule has 0 bridgehead atoms. The van der Waals surface area contributed by atoms with Gasteiger partial charge in [0.05, 0.1) is 18.2 Å². The lowest BCUT2D eigenvalue weighted by molar-refractivity contribution is -0.133. The van der Waals surface area contributed by atoms with Crippen molar-refractivity contribution in [3.05, 3.63) is 0 Å². The van der Waals surface area contributed by atoms with Gasteiger partial charge in [0.15, 0.2) is 0 Å². The Morgan fingerprint density at radius 1 is 1.53 bits per heavy atom. The lowest BCUT2D eigenvalue weighted by Crippen LogP contribution is -2.55. The first-order valence-corrected chi connectivity index (χ1v) is 5.48. The van der Waals surface area contributed by atoms with E-state index in [0.29, 0.717) is 0 Å². The maximum absolute atomic E-state index is 11.5. The first-order valence-electron chi connectivity index (χ1n) is 5.48. The number of nitrogens with one attached hydrogen (secondary N) is 1. The topological polar surface area (TPSA) is 67.6 Å². The van der Waals surface area contributed by atoms with E-state index in [2.05, 4.69) is 10.3 Å². The van der Waals surface area contributed by atoms with Crippen LogP contribution in [0.1, 0.15) is 27.2 Å². The van der Waals surface area contributed by atoms with E-state index < -0.39 is 0 Å². The van der Waals surface area contributed by atoms with Gasteiger partial charge in [-0.05, 0) is 20.3 Å². The third kappa shape index (κ3) is 3.15. The Balaban J connectivity index is 2.63. The van der Waals surface area contributed by atoms with Crippen LogP contribution in [0.25, 0.3) is 0 Å². The minimum Gasteiger partial charge on any atom is -0.373 e. The molecule has 15 heavy (non-hydrogen) atoms. The second-order valence-corrected chi connectivity index (χ2v) is 4.14. The fourth-order valence-corrected chi connectivity index (χ4v) is 2.18. The summed E-state index contributed by atoms with van der Waals surface area (Å²) in [6.45, 7) is 7.61. The number of amides is 1. The Kier molecular flexibility index (Phi) is 4.50. The highest BCUT2D eigenvalue weighted by Crippen LogP contribution is 2.15. The molecule has 0 saturated carbocycles. The predicted octanol–water partition coefficient (Wildman–Crippen LogP) is -0.136. The molecule has 1 amide bonds. The normalized spacial score (nSPS) is 29.9. The van der Waals surface area contributed by atoms with Gasteiger partial charge in [-0.25, -0.2) is 5.84 Å². The number of ether oxygens (including phenoxy) is 1. The van der Waals surface area contributed by atoms with Crippen LogP contribution >= 0.6 is 0 Å². The van der Waals surface area contributed by atoms with E-state index in [4.69, 9.17) is 10.6 Å². The van der Waals surface area contributed by atoms with Gasteiger partial charge in [-0.15, -0.1) is 0 Å². The van der Waals surface area contributed by atoms with Gasteiger partial charge >= 0.3 is 0 Å². The Labute approximate surface area is 90.9 Å². The largest absolute Gasteiger partial charge is 0.373 e. The van der Waals surface area contributed by atoms with Crippen LogP contribution in [0.2, 0.25) is 0 Å². The van der Waals surface area contributed by atoms with E-state index in [9.17, 15) is 4.79 Å². The molecular weight excluding hydrogens is 194 g/mol. The average Bonchev–Trinajstić information content (AvgIpc) is 2.17. The van der Waals surface area contributed by atoms with E-state index in [1.54, 1.807) is 0 Å². The Bertz CT molecular complexity index is 213. The highest BCUT2D eigenvalue weighted by atomic mass is 16.5. The summed E-state index contributed by atoms with van der Waals surface area (Å²) in [4.78, 5) is 13.7. The number of carbonyl (C=O) groups is 1. The lowest BCUT2D eigenvalue weighted by atomic mass is 10.1. The number of rotatable bonds is 3. The van der Waals surface area contributed by atoms with Crippen molar-refractivity contribution in [3.8, 4) is 0 Å². The average molecular weight is 215 g/mol. The summed E-state index contributed by atoms with van der Waals surface area (Å²) in [5.41, 5.74) is 2.22. The van der Waals surface area contributed by atoms with Crippen LogP contribution in [0.15, 0.2) is 0 Å². The molecule has 1 fully saturated rings. The molecule has 5 heteroatoms. The van der Waals surface area contributed by atoms with Crippen molar-refractivity contribution < 1.29 is 9.53 Å². The quantitative estimate of drug-likeness (QED) is 0.391. The SMILES string of the molecule is CC[C@H](C(=O)NN)N1C[C@@H](C)O[C@H](C)C1. The smallest absolute Gasteiger partial charge is 0.251 e. The van der Waals surface area contributed by atoms with Gasteiger partial charge in [-0.2, -0.15) is 0 Å². The zero-order valence-electron chi connectivity index (χ0n) is 9.69. The lowest BCUT2D eigenvalue weighted by Gasteiger charge is -2.38. The maximum atomic E-state index is 11.5. The molecule has 1 heterocycles. The molecule has 3 N–H and O–H groups in total. The van der Waals surface area contributed by atoms with Crippen molar-refractivity contribution in [1.82, 2.24) is 10.3 Å². The summed E-state index contributed by atoms with van der Waals surface area (Å²) in [6.07, 6.45) is 1.12. The summed E-state index contributed by atoms with van der Waals surface area (Å²) >= 11 is 0. The molecule has 0 aromatic carbocycles. The summed E-state index contributed by atoms with van der Waals surface area (Å²) in [6, 6.07) is -0.135. The van der Waals surface area contributed by atoms with E-state index >= 15 is 0 Å². The summed E-state index contributed by atoms with van der Waals surface area (Å²) in [5, 5.41) is 0. The fraction of sp³-hybridized carbons (Fsp3) is 0.900. The van der Waals surface area contributed by atoms with Gasteiger partial charge in [-0.3, -0.25) is 15.1 Å². The summed E-state index contributed by atoms with van der Waals surface area (Å²) < 4.78 is 5.62. The maximum Gasteiger partial charge on any atom is 0.251 e. The third-order valence-electron chi connectivity index (χ3n) is 2.72. The zero-order chi connectivity index (χ0) is 11.4. The van der Waals surface area contributed by atoms with Crippen molar-refractivity contribution in [2.45, 2.75) is 45.4 Å². The van der Waals surface area contributed by atoms with Crippen molar-refractivity contribution in [2.24, 2.45) is 5.84 Å². The monoisotopic (exact) mass is 215 g/mol. The van der Waals surface area contributed by atoms with Crippen molar-refractivity contribution in [1.29, 1.82) is 0 Å². The number of hydrogen-bond donors (Lipinski definition) is 2. The molecule has 88 valence electrons. The number of hydrogen-bond acceptors (Lipinski definition) is 4. The molecule has 0 aromatic rings.